The predicted octanol–water partition coefficient (Wildman–Crippen LogP) is 0.282. The van der Waals surface area contributed by atoms with Crippen LogP contribution in [0, 0.1) is 0 Å². The van der Waals surface area contributed by atoms with Gasteiger partial charge in [0.1, 0.15) is 5.75 Å². The van der Waals surface area contributed by atoms with Crippen molar-refractivity contribution in [3.05, 3.63) is 29.8 Å². The van der Waals surface area contributed by atoms with Gasteiger partial charge < -0.3 is 25.2 Å². The number of nitrogens with zero attached hydrogens (tertiary/aromatic N) is 1. The molecule has 2 amide bonds. The molecule has 110 valence electrons. The quantitative estimate of drug-likeness (QED) is 0.696. The molecular weight excluding hydrogens is 264 g/mol. The topological polar surface area (TPSA) is 99.1 Å². The van der Waals surface area contributed by atoms with E-state index in [0.717, 1.165) is 11.3 Å². The summed E-state index contributed by atoms with van der Waals surface area (Å²) in [6, 6.07) is 6.77. The summed E-state index contributed by atoms with van der Waals surface area (Å²) in [5.41, 5.74) is 0.905. The van der Waals surface area contributed by atoms with Crippen molar-refractivity contribution in [2.75, 3.05) is 20.7 Å². The van der Waals surface area contributed by atoms with Crippen LogP contribution in [-0.2, 0) is 11.3 Å². The normalized spacial score (nSPS) is 11.6. The van der Waals surface area contributed by atoms with Gasteiger partial charge in [0.25, 0.3) is 0 Å². The van der Waals surface area contributed by atoms with Crippen LogP contribution in [0.5, 0.6) is 5.75 Å². The van der Waals surface area contributed by atoms with Crippen LogP contribution in [0.25, 0.3) is 0 Å². The highest BCUT2D eigenvalue weighted by Crippen LogP contribution is 2.12. The maximum atomic E-state index is 11.7. The molecule has 1 aromatic rings. The number of carboxylic acid groups (broad SMARTS) is 1. The minimum atomic E-state index is -1.60. The molecular formula is C13H18N2O5. The molecule has 1 rings (SSSR count). The van der Waals surface area contributed by atoms with Crippen molar-refractivity contribution in [1.29, 1.82) is 0 Å². The standard InChI is InChI=1S/C13H18N2O5/c1-15(13(19)14-7-11(16)12(17)18)8-9-3-5-10(20-2)6-4-9/h3-6,11,16H,7-8H2,1-2H3,(H,14,19)(H,17,18)/t11-/m0/s1. The van der Waals surface area contributed by atoms with Gasteiger partial charge in [0, 0.05) is 13.6 Å². The minimum Gasteiger partial charge on any atom is -0.497 e. The first-order valence-corrected chi connectivity index (χ1v) is 5.96. The first-order chi connectivity index (χ1) is 9.43. The lowest BCUT2D eigenvalue weighted by Crippen LogP contribution is -2.42. The Kier molecular flexibility index (Phi) is 5.79. The zero-order valence-electron chi connectivity index (χ0n) is 11.4. The van der Waals surface area contributed by atoms with Crippen LogP contribution < -0.4 is 10.1 Å². The number of carbonyl (C=O) groups is 2. The van der Waals surface area contributed by atoms with E-state index >= 15 is 0 Å². The maximum absolute atomic E-state index is 11.7. The lowest BCUT2D eigenvalue weighted by Gasteiger charge is -2.18. The van der Waals surface area contributed by atoms with Crippen molar-refractivity contribution >= 4 is 12.0 Å². The molecule has 1 atom stereocenters. The monoisotopic (exact) mass is 282 g/mol. The number of aliphatic hydroxyl groups is 1. The minimum absolute atomic E-state index is 0.332. The Labute approximate surface area is 116 Å². The molecule has 0 spiro atoms. The third-order valence-electron chi connectivity index (χ3n) is 2.66. The molecule has 0 saturated carbocycles. The number of ether oxygens (including phenoxy) is 1. The highest BCUT2D eigenvalue weighted by Gasteiger charge is 2.16. The summed E-state index contributed by atoms with van der Waals surface area (Å²) < 4.78 is 5.03. The van der Waals surface area contributed by atoms with Crippen molar-refractivity contribution in [1.82, 2.24) is 10.2 Å². The number of benzene rings is 1. The van der Waals surface area contributed by atoms with E-state index in [9.17, 15) is 9.59 Å². The molecule has 0 bridgehead atoms. The van der Waals surface area contributed by atoms with Crippen LogP contribution >= 0.6 is 0 Å². The van der Waals surface area contributed by atoms with Gasteiger partial charge in [-0.05, 0) is 17.7 Å². The highest BCUT2D eigenvalue weighted by molar-refractivity contribution is 5.76. The Hall–Kier alpha value is -2.28. The van der Waals surface area contributed by atoms with Crippen molar-refractivity contribution in [3.63, 3.8) is 0 Å². The highest BCUT2D eigenvalue weighted by atomic mass is 16.5. The van der Waals surface area contributed by atoms with Crippen molar-refractivity contribution in [2.45, 2.75) is 12.6 Å². The Morgan fingerprint density at radius 3 is 2.45 bits per heavy atom. The molecule has 0 unspecified atom stereocenters. The number of carboxylic acids is 1. The van der Waals surface area contributed by atoms with E-state index in [1.54, 1.807) is 26.3 Å². The molecule has 0 heterocycles. The van der Waals surface area contributed by atoms with Crippen LogP contribution in [0.15, 0.2) is 24.3 Å². The van der Waals surface area contributed by atoms with Gasteiger partial charge in [0.15, 0.2) is 6.10 Å². The largest absolute Gasteiger partial charge is 0.497 e. The molecule has 0 aliphatic carbocycles. The average molecular weight is 282 g/mol. The van der Waals surface area contributed by atoms with Crippen LogP contribution in [0.1, 0.15) is 5.56 Å². The molecule has 0 radical (unpaired) electrons. The zero-order valence-corrected chi connectivity index (χ0v) is 11.4. The molecule has 3 N–H and O–H groups in total. The second-order valence-corrected chi connectivity index (χ2v) is 4.24. The molecule has 0 aliphatic rings. The van der Waals surface area contributed by atoms with Gasteiger partial charge in [0.05, 0.1) is 13.7 Å². The lowest BCUT2D eigenvalue weighted by atomic mass is 10.2. The SMILES string of the molecule is COc1ccc(CN(C)C(=O)NC[C@H](O)C(=O)O)cc1. The van der Waals surface area contributed by atoms with Gasteiger partial charge in [-0.3, -0.25) is 0 Å². The number of carbonyl (C=O) groups excluding carboxylic acids is 1. The number of urea groups is 1. The fraction of sp³-hybridized carbons (Fsp3) is 0.385. The van der Waals surface area contributed by atoms with Crippen LogP contribution in [-0.4, -0.2) is 53.9 Å². The lowest BCUT2D eigenvalue weighted by molar-refractivity contribution is -0.146. The number of hydrogen-bond donors (Lipinski definition) is 3. The third kappa shape index (κ3) is 4.77. The first kappa shape index (κ1) is 15.8. The Morgan fingerprint density at radius 1 is 1.35 bits per heavy atom. The number of hydrogen-bond acceptors (Lipinski definition) is 4. The summed E-state index contributed by atoms with van der Waals surface area (Å²) in [6.07, 6.45) is -1.60. The summed E-state index contributed by atoms with van der Waals surface area (Å²) in [4.78, 5) is 23.5. The fourth-order valence-corrected chi connectivity index (χ4v) is 1.48. The van der Waals surface area contributed by atoms with Crippen molar-refractivity contribution in [2.24, 2.45) is 0 Å². The molecule has 1 aromatic carbocycles. The van der Waals surface area contributed by atoms with E-state index in [2.05, 4.69) is 5.32 Å². The van der Waals surface area contributed by atoms with Crippen LogP contribution in [0.4, 0.5) is 4.79 Å². The summed E-state index contributed by atoms with van der Waals surface area (Å²) >= 11 is 0. The van der Waals surface area contributed by atoms with Gasteiger partial charge in [-0.25, -0.2) is 9.59 Å². The van der Waals surface area contributed by atoms with E-state index < -0.39 is 18.1 Å². The van der Waals surface area contributed by atoms with Gasteiger partial charge in [0.2, 0.25) is 0 Å². The third-order valence-corrected chi connectivity index (χ3v) is 2.66. The molecule has 0 saturated heterocycles. The molecule has 7 nitrogen and oxygen atoms in total. The van der Waals surface area contributed by atoms with Crippen molar-refractivity contribution in [3.8, 4) is 5.75 Å². The second kappa shape index (κ2) is 7.34. The van der Waals surface area contributed by atoms with E-state index in [0.29, 0.717) is 6.54 Å². The van der Waals surface area contributed by atoms with Crippen LogP contribution in [0.2, 0.25) is 0 Å². The molecule has 20 heavy (non-hydrogen) atoms. The Balaban J connectivity index is 2.46. The van der Waals surface area contributed by atoms with E-state index in [1.807, 2.05) is 12.1 Å². The fourth-order valence-electron chi connectivity index (χ4n) is 1.48. The Morgan fingerprint density at radius 2 is 1.95 bits per heavy atom. The number of methoxy groups -OCH3 is 1. The molecule has 0 fully saturated rings. The smallest absolute Gasteiger partial charge is 0.334 e. The summed E-state index contributed by atoms with van der Waals surface area (Å²) in [6.45, 7) is 0.0279. The van der Waals surface area contributed by atoms with E-state index in [1.165, 1.54) is 4.90 Å². The van der Waals surface area contributed by atoms with E-state index in [-0.39, 0.29) is 6.54 Å². The zero-order chi connectivity index (χ0) is 15.1. The van der Waals surface area contributed by atoms with Gasteiger partial charge in [-0.1, -0.05) is 12.1 Å². The number of amides is 2. The second-order valence-electron chi connectivity index (χ2n) is 4.24. The van der Waals surface area contributed by atoms with Gasteiger partial charge in [-0.15, -0.1) is 0 Å². The first-order valence-electron chi connectivity index (χ1n) is 5.96. The molecule has 0 aromatic heterocycles. The molecule has 0 aliphatic heterocycles. The summed E-state index contributed by atoms with van der Waals surface area (Å²) in [5, 5.41) is 19.9. The maximum Gasteiger partial charge on any atom is 0.334 e. The van der Waals surface area contributed by atoms with Crippen molar-refractivity contribution < 1.29 is 24.5 Å². The van der Waals surface area contributed by atoms with Gasteiger partial charge in [-0.2, -0.15) is 0 Å². The number of aliphatic carboxylic acids is 1. The number of nitrogens with one attached hydrogen (secondary N) is 1. The molecule has 7 heteroatoms. The summed E-state index contributed by atoms with van der Waals surface area (Å²) in [5.74, 6) is -0.645. The average Bonchev–Trinajstić information content (AvgIpc) is 2.44. The van der Waals surface area contributed by atoms with E-state index in [4.69, 9.17) is 14.9 Å². The number of aliphatic hydroxyl groups excluding tert-OH is 1. The number of rotatable bonds is 6. The predicted molar refractivity (Wildman–Crippen MR) is 71.5 cm³/mol. The summed E-state index contributed by atoms with van der Waals surface area (Å²) in [7, 11) is 3.15. The van der Waals surface area contributed by atoms with Crippen LogP contribution in [0.3, 0.4) is 0 Å². The van der Waals surface area contributed by atoms with Gasteiger partial charge >= 0.3 is 12.0 Å². The Bertz CT molecular complexity index is 460.